The van der Waals surface area contributed by atoms with Gasteiger partial charge in [0.1, 0.15) is 23.0 Å². The molecule has 8 rings (SSSR count). The standard InChI is InChI=1S/C46H53BN6O8S2/c1-31-13-15-39(45-33(3)48-60-35(45)5)27-43(31)62(54,55)52-21-17-50(18-22-52)29-37-9-7-11-41(25-37)58-47-59-42-12-8-10-38(26-42)30-51-19-23-53(24-20-51)63(56,57)44-28-40(16-14-32(44)2)46-34(4)49-61-36(46)6/h7-16,25-28,47H,17-24,29-30H2,1-6H3. The average molecular weight is 893 g/mol. The van der Waals surface area contributed by atoms with Crippen LogP contribution in [0.3, 0.4) is 0 Å². The van der Waals surface area contributed by atoms with Crippen molar-refractivity contribution < 1.29 is 35.2 Å². The van der Waals surface area contributed by atoms with Gasteiger partial charge < -0.3 is 18.4 Å². The molecule has 0 atom stereocenters. The van der Waals surface area contributed by atoms with Crippen LogP contribution in [0.1, 0.15) is 45.2 Å². The van der Waals surface area contributed by atoms with Crippen molar-refractivity contribution in [2.45, 2.75) is 64.4 Å². The van der Waals surface area contributed by atoms with Gasteiger partial charge in [-0.15, -0.1) is 0 Å². The maximum Gasteiger partial charge on any atom is 0.576 e. The first-order valence-corrected chi connectivity index (χ1v) is 24.0. The molecule has 2 fully saturated rings. The lowest BCUT2D eigenvalue weighted by atomic mass is 10.0. The second-order valence-corrected chi connectivity index (χ2v) is 20.2. The van der Waals surface area contributed by atoms with E-state index in [0.717, 1.165) is 44.8 Å². The summed E-state index contributed by atoms with van der Waals surface area (Å²) in [6, 6.07) is 26.7. The van der Waals surface area contributed by atoms with Gasteiger partial charge in [-0.25, -0.2) is 16.8 Å². The maximum atomic E-state index is 13.9. The molecule has 0 amide bonds. The van der Waals surface area contributed by atoms with E-state index in [9.17, 15) is 16.8 Å². The molecule has 2 saturated heterocycles. The Labute approximate surface area is 370 Å². The number of piperazine rings is 2. The zero-order valence-corrected chi connectivity index (χ0v) is 38.3. The lowest BCUT2D eigenvalue weighted by molar-refractivity contribution is 0.181. The molecule has 14 nitrogen and oxygen atoms in total. The van der Waals surface area contributed by atoms with Crippen molar-refractivity contribution in [3.05, 3.63) is 130 Å². The second kappa shape index (κ2) is 18.4. The number of aryl methyl sites for hydroxylation is 6. The Morgan fingerprint density at radius 3 is 1.30 bits per heavy atom. The minimum Gasteiger partial charge on any atom is -0.529 e. The summed E-state index contributed by atoms with van der Waals surface area (Å²) >= 11 is 0. The van der Waals surface area contributed by atoms with Crippen molar-refractivity contribution in [3.63, 3.8) is 0 Å². The Morgan fingerprint density at radius 2 is 0.937 bits per heavy atom. The predicted octanol–water partition coefficient (Wildman–Crippen LogP) is 6.58. The van der Waals surface area contributed by atoms with Gasteiger partial charge in [0.15, 0.2) is 0 Å². The Balaban J connectivity index is 0.802. The van der Waals surface area contributed by atoms with Crippen LogP contribution in [0.25, 0.3) is 22.3 Å². The summed E-state index contributed by atoms with van der Waals surface area (Å²) in [5, 5.41) is 8.08. The first-order valence-electron chi connectivity index (χ1n) is 21.1. The second-order valence-electron chi connectivity index (χ2n) is 16.4. The Bertz CT molecular complexity index is 2600. The van der Waals surface area contributed by atoms with Crippen LogP contribution in [-0.4, -0.2) is 106 Å². The van der Waals surface area contributed by atoms with Crippen LogP contribution in [0, 0.1) is 41.5 Å². The molecule has 0 N–H and O–H groups in total. The summed E-state index contributed by atoms with van der Waals surface area (Å²) in [5.74, 6) is 2.67. The smallest absolute Gasteiger partial charge is 0.529 e. The van der Waals surface area contributed by atoms with E-state index in [-0.39, 0.29) is 7.69 Å². The number of hydrogen-bond donors (Lipinski definition) is 0. The molecule has 330 valence electrons. The maximum absolute atomic E-state index is 13.9. The highest BCUT2D eigenvalue weighted by molar-refractivity contribution is 7.89. The highest BCUT2D eigenvalue weighted by atomic mass is 32.2. The fraction of sp³-hybridized carbons (Fsp3) is 0.348. The van der Waals surface area contributed by atoms with Crippen molar-refractivity contribution in [2.75, 3.05) is 52.4 Å². The van der Waals surface area contributed by atoms with Crippen molar-refractivity contribution in [2.24, 2.45) is 0 Å². The van der Waals surface area contributed by atoms with Gasteiger partial charge in [0.25, 0.3) is 0 Å². The molecule has 0 bridgehead atoms. The summed E-state index contributed by atoms with van der Waals surface area (Å²) in [6.45, 7) is 16.3. The molecule has 0 spiro atoms. The number of hydrogen-bond acceptors (Lipinski definition) is 12. The monoisotopic (exact) mass is 892 g/mol. The van der Waals surface area contributed by atoms with Gasteiger partial charge in [-0.2, -0.15) is 8.61 Å². The Hall–Kier alpha value is -5.30. The largest absolute Gasteiger partial charge is 0.576 e. The van der Waals surface area contributed by atoms with E-state index in [4.69, 9.17) is 18.4 Å². The Morgan fingerprint density at radius 1 is 0.540 bits per heavy atom. The molecule has 63 heavy (non-hydrogen) atoms. The van der Waals surface area contributed by atoms with E-state index in [1.54, 1.807) is 20.7 Å². The van der Waals surface area contributed by atoms with Gasteiger partial charge >= 0.3 is 7.69 Å². The highest BCUT2D eigenvalue weighted by Gasteiger charge is 2.32. The van der Waals surface area contributed by atoms with Crippen molar-refractivity contribution in [1.82, 2.24) is 28.7 Å². The fourth-order valence-corrected chi connectivity index (χ4v) is 11.9. The van der Waals surface area contributed by atoms with Crippen molar-refractivity contribution in [3.8, 4) is 33.8 Å². The van der Waals surface area contributed by atoms with Crippen molar-refractivity contribution >= 4 is 27.7 Å². The molecule has 4 aromatic carbocycles. The Kier molecular flexibility index (Phi) is 13.0. The normalized spacial score (nSPS) is 16.0. The molecular weight excluding hydrogens is 839 g/mol. The molecule has 0 radical (unpaired) electrons. The molecule has 6 aromatic rings. The quantitative estimate of drug-likeness (QED) is 0.109. The van der Waals surface area contributed by atoms with Gasteiger partial charge in [-0.05, 0) is 111 Å². The van der Waals surface area contributed by atoms with Crippen LogP contribution in [0.4, 0.5) is 0 Å². The highest BCUT2D eigenvalue weighted by Crippen LogP contribution is 2.33. The van der Waals surface area contributed by atoms with Crippen LogP contribution < -0.4 is 9.31 Å². The van der Waals surface area contributed by atoms with E-state index < -0.39 is 20.0 Å². The van der Waals surface area contributed by atoms with Gasteiger partial charge in [0, 0.05) is 76.6 Å². The van der Waals surface area contributed by atoms with E-state index in [2.05, 4.69) is 20.1 Å². The van der Waals surface area contributed by atoms with Gasteiger partial charge in [-0.3, -0.25) is 9.80 Å². The number of rotatable bonds is 14. The molecule has 0 unspecified atom stereocenters. The lowest BCUT2D eigenvalue weighted by Crippen LogP contribution is -2.48. The summed E-state index contributed by atoms with van der Waals surface area (Å²) in [4.78, 5) is 5.11. The van der Waals surface area contributed by atoms with E-state index >= 15 is 0 Å². The SMILES string of the molecule is Cc1ccc(-c2c(C)noc2C)cc1S(=O)(=O)N1CCN(Cc2cccc(OBOc3cccc(CN4CCN(S(=O)(=O)c5cc(-c6c(C)noc6C)ccc5C)CC4)c3)c2)CC1. The molecule has 2 aliphatic heterocycles. The van der Waals surface area contributed by atoms with Crippen LogP contribution in [0.5, 0.6) is 11.5 Å². The average Bonchev–Trinajstić information content (AvgIpc) is 3.79. The third-order valence-electron chi connectivity index (χ3n) is 12.0. The van der Waals surface area contributed by atoms with Crippen molar-refractivity contribution in [1.29, 1.82) is 0 Å². The first-order chi connectivity index (χ1) is 30.2. The van der Waals surface area contributed by atoms with Crippen LogP contribution in [0.2, 0.25) is 0 Å². The minimum absolute atomic E-state index is 0.0215. The van der Waals surface area contributed by atoms with E-state index in [0.29, 0.717) is 109 Å². The first kappa shape index (κ1) is 44.3. The number of sulfonamides is 2. The summed E-state index contributed by atoms with van der Waals surface area (Å²) < 4.78 is 81.4. The van der Waals surface area contributed by atoms with Crippen LogP contribution >= 0.6 is 0 Å². The van der Waals surface area contributed by atoms with Crippen LogP contribution in [-0.2, 0) is 33.1 Å². The molecule has 2 aromatic heterocycles. The van der Waals surface area contributed by atoms with E-state index in [1.165, 1.54) is 0 Å². The number of benzene rings is 4. The van der Waals surface area contributed by atoms with Gasteiger partial charge in [-0.1, -0.05) is 58.8 Å². The molecule has 17 heteroatoms. The topological polar surface area (TPSA) is 152 Å². The third kappa shape index (κ3) is 9.64. The molecule has 2 aliphatic rings. The number of aromatic nitrogens is 2. The zero-order chi connectivity index (χ0) is 44.5. The summed E-state index contributed by atoms with van der Waals surface area (Å²) in [5.41, 5.74) is 8.16. The van der Waals surface area contributed by atoms with E-state index in [1.807, 2.05) is 114 Å². The van der Waals surface area contributed by atoms with Gasteiger partial charge in [0.05, 0.1) is 21.2 Å². The van der Waals surface area contributed by atoms with Crippen LogP contribution in [0.15, 0.2) is 104 Å². The molecule has 0 saturated carbocycles. The third-order valence-corrected chi connectivity index (χ3v) is 16.1. The fourth-order valence-electron chi connectivity index (χ4n) is 8.54. The number of nitrogens with zero attached hydrogens (tertiary/aromatic N) is 6. The predicted molar refractivity (Wildman–Crippen MR) is 242 cm³/mol. The molecular formula is C46H53BN6O8S2. The zero-order valence-electron chi connectivity index (χ0n) is 36.6. The molecule has 4 heterocycles. The van der Waals surface area contributed by atoms with Gasteiger partial charge in [0.2, 0.25) is 20.0 Å². The lowest BCUT2D eigenvalue weighted by Gasteiger charge is -2.34. The minimum atomic E-state index is -3.71. The summed E-state index contributed by atoms with van der Waals surface area (Å²) in [6.07, 6.45) is 0. The summed E-state index contributed by atoms with van der Waals surface area (Å²) in [7, 11) is -7.40. The molecule has 0 aliphatic carbocycles.